The molecule has 0 saturated carbocycles. The second kappa shape index (κ2) is 6.46. The number of rotatable bonds is 2. The van der Waals surface area contributed by atoms with Gasteiger partial charge in [0.05, 0.1) is 0 Å². The lowest BCUT2D eigenvalue weighted by Gasteiger charge is -2.09. The first-order chi connectivity index (χ1) is 14.3. The van der Waals surface area contributed by atoms with Crippen molar-refractivity contribution in [2.45, 2.75) is 6.42 Å². The number of hydrogen-bond donors (Lipinski definition) is 0. The molecule has 6 rings (SSSR count). The molecule has 0 nitrogen and oxygen atoms in total. The van der Waals surface area contributed by atoms with Crippen LogP contribution < -0.4 is 0 Å². The second-order valence-corrected chi connectivity index (χ2v) is 7.90. The first-order valence-corrected chi connectivity index (χ1v) is 10.2. The van der Waals surface area contributed by atoms with Gasteiger partial charge in [-0.25, -0.2) is 0 Å². The van der Waals surface area contributed by atoms with E-state index in [1.54, 1.807) is 0 Å². The van der Waals surface area contributed by atoms with Crippen LogP contribution >= 0.6 is 0 Å². The molecule has 0 aliphatic heterocycles. The Morgan fingerprint density at radius 3 is 1.69 bits per heavy atom. The van der Waals surface area contributed by atoms with Crippen molar-refractivity contribution >= 4 is 43.1 Å². The van der Waals surface area contributed by atoms with Gasteiger partial charge in [0.25, 0.3) is 0 Å². The Bertz CT molecular complexity index is 1510. The van der Waals surface area contributed by atoms with Crippen LogP contribution in [0.25, 0.3) is 43.1 Å². The Morgan fingerprint density at radius 1 is 0.345 bits per heavy atom. The van der Waals surface area contributed by atoms with Crippen molar-refractivity contribution in [3.63, 3.8) is 0 Å². The van der Waals surface area contributed by atoms with Gasteiger partial charge in [0, 0.05) is 0 Å². The largest absolute Gasteiger partial charge is 0.0616 e. The molecule has 6 aromatic carbocycles. The maximum atomic E-state index is 2.34. The highest BCUT2D eigenvalue weighted by molar-refractivity contribution is 6.07. The standard InChI is InChI=1S/C29H20/c1-2-7-24-19-27-17-20(9-11-25(27)18-23(24)6-1)15-21-10-14-29-26(16-21)13-12-22-5-3-4-8-28(22)29/h1-14,16-19H,15H2. The monoisotopic (exact) mass is 368 g/mol. The first-order valence-electron chi connectivity index (χ1n) is 10.2. The van der Waals surface area contributed by atoms with E-state index < -0.39 is 0 Å². The van der Waals surface area contributed by atoms with Gasteiger partial charge in [-0.1, -0.05) is 97.1 Å². The molecule has 29 heavy (non-hydrogen) atoms. The molecule has 0 heteroatoms. The van der Waals surface area contributed by atoms with Crippen molar-refractivity contribution in [1.29, 1.82) is 0 Å². The first kappa shape index (κ1) is 16.3. The average Bonchev–Trinajstić information content (AvgIpc) is 2.77. The van der Waals surface area contributed by atoms with Crippen LogP contribution in [0.3, 0.4) is 0 Å². The van der Waals surface area contributed by atoms with Gasteiger partial charge >= 0.3 is 0 Å². The average molecular weight is 368 g/mol. The molecule has 0 unspecified atom stereocenters. The van der Waals surface area contributed by atoms with Crippen molar-refractivity contribution in [2.24, 2.45) is 0 Å². The van der Waals surface area contributed by atoms with E-state index in [9.17, 15) is 0 Å². The summed E-state index contributed by atoms with van der Waals surface area (Å²) in [6.07, 6.45) is 0.950. The molecule has 0 atom stereocenters. The van der Waals surface area contributed by atoms with Crippen molar-refractivity contribution in [3.8, 4) is 0 Å². The molecule has 0 aliphatic carbocycles. The maximum Gasteiger partial charge on any atom is -0.00253 e. The molecule has 0 amide bonds. The van der Waals surface area contributed by atoms with E-state index in [1.165, 1.54) is 54.2 Å². The lowest BCUT2D eigenvalue weighted by Crippen LogP contribution is -1.89. The van der Waals surface area contributed by atoms with Crippen LogP contribution in [0.5, 0.6) is 0 Å². The van der Waals surface area contributed by atoms with Gasteiger partial charge in [-0.2, -0.15) is 0 Å². The van der Waals surface area contributed by atoms with Gasteiger partial charge in [-0.05, 0) is 72.8 Å². The summed E-state index contributed by atoms with van der Waals surface area (Å²) < 4.78 is 0. The molecule has 0 spiro atoms. The zero-order valence-electron chi connectivity index (χ0n) is 16.1. The minimum absolute atomic E-state index is 0.950. The fourth-order valence-electron chi connectivity index (χ4n) is 4.51. The molecule has 0 aliphatic rings. The number of hydrogen-bond acceptors (Lipinski definition) is 0. The van der Waals surface area contributed by atoms with Crippen LogP contribution in [0.4, 0.5) is 0 Å². The normalized spacial score (nSPS) is 11.6. The van der Waals surface area contributed by atoms with Gasteiger partial charge in [0.15, 0.2) is 0 Å². The molecule has 0 aromatic heterocycles. The molecular weight excluding hydrogens is 348 g/mol. The van der Waals surface area contributed by atoms with Crippen LogP contribution in [-0.2, 0) is 6.42 Å². The van der Waals surface area contributed by atoms with Crippen molar-refractivity contribution in [3.05, 3.63) is 120 Å². The van der Waals surface area contributed by atoms with Crippen LogP contribution in [0.15, 0.2) is 109 Å². The quantitative estimate of drug-likeness (QED) is 0.215. The van der Waals surface area contributed by atoms with E-state index in [4.69, 9.17) is 0 Å². The predicted molar refractivity (Wildman–Crippen MR) is 126 cm³/mol. The lowest BCUT2D eigenvalue weighted by atomic mass is 9.96. The summed E-state index contributed by atoms with van der Waals surface area (Å²) in [5, 5.41) is 10.5. The Kier molecular flexibility index (Phi) is 3.64. The van der Waals surface area contributed by atoms with Crippen LogP contribution in [0.2, 0.25) is 0 Å². The third-order valence-electron chi connectivity index (χ3n) is 5.99. The smallest absolute Gasteiger partial charge is 0.00253 e. The highest BCUT2D eigenvalue weighted by Crippen LogP contribution is 2.28. The lowest BCUT2D eigenvalue weighted by molar-refractivity contribution is 1.21. The fourth-order valence-corrected chi connectivity index (χ4v) is 4.51. The van der Waals surface area contributed by atoms with Gasteiger partial charge in [0.2, 0.25) is 0 Å². The molecule has 0 radical (unpaired) electrons. The summed E-state index contributed by atoms with van der Waals surface area (Å²) >= 11 is 0. The molecule has 0 saturated heterocycles. The van der Waals surface area contributed by atoms with E-state index in [0.717, 1.165) is 6.42 Å². The molecule has 0 bridgehead atoms. The van der Waals surface area contributed by atoms with Crippen LogP contribution in [-0.4, -0.2) is 0 Å². The molecule has 6 aromatic rings. The summed E-state index contributed by atoms with van der Waals surface area (Å²) in [6.45, 7) is 0. The molecule has 0 fully saturated rings. The molecule has 136 valence electrons. The Balaban J connectivity index is 1.41. The summed E-state index contributed by atoms with van der Waals surface area (Å²) in [7, 11) is 0. The molecule has 0 N–H and O–H groups in total. The molecule has 0 heterocycles. The molecular formula is C29H20. The van der Waals surface area contributed by atoms with Crippen LogP contribution in [0.1, 0.15) is 11.1 Å². The van der Waals surface area contributed by atoms with Crippen molar-refractivity contribution in [1.82, 2.24) is 0 Å². The maximum absolute atomic E-state index is 2.34. The SMILES string of the molecule is c1ccc2cc3cc(Cc4ccc5c(ccc6ccccc65)c4)ccc3cc2c1. The zero-order chi connectivity index (χ0) is 19.2. The minimum Gasteiger partial charge on any atom is -0.0616 e. The topological polar surface area (TPSA) is 0 Å². The van der Waals surface area contributed by atoms with Crippen molar-refractivity contribution < 1.29 is 0 Å². The van der Waals surface area contributed by atoms with Gasteiger partial charge in [0.1, 0.15) is 0 Å². The Labute approximate surface area is 170 Å². The van der Waals surface area contributed by atoms with Gasteiger partial charge < -0.3 is 0 Å². The third kappa shape index (κ3) is 2.85. The third-order valence-corrected chi connectivity index (χ3v) is 5.99. The number of fused-ring (bicyclic) bond motifs is 5. The van der Waals surface area contributed by atoms with E-state index in [0.29, 0.717) is 0 Å². The van der Waals surface area contributed by atoms with Crippen molar-refractivity contribution in [2.75, 3.05) is 0 Å². The summed E-state index contributed by atoms with van der Waals surface area (Å²) in [4.78, 5) is 0. The van der Waals surface area contributed by atoms with Crippen LogP contribution in [0, 0.1) is 0 Å². The summed E-state index contributed by atoms with van der Waals surface area (Å²) in [5.41, 5.74) is 2.71. The predicted octanol–water partition coefficient (Wildman–Crippen LogP) is 7.89. The highest BCUT2D eigenvalue weighted by Gasteiger charge is 2.04. The summed E-state index contributed by atoms with van der Waals surface area (Å²) in [5.74, 6) is 0. The minimum atomic E-state index is 0.950. The zero-order valence-corrected chi connectivity index (χ0v) is 16.1. The highest BCUT2D eigenvalue weighted by atomic mass is 14.1. The van der Waals surface area contributed by atoms with Gasteiger partial charge in [-0.3, -0.25) is 0 Å². The Hall–Kier alpha value is -3.64. The summed E-state index contributed by atoms with van der Waals surface area (Å²) in [6, 6.07) is 40.0. The van der Waals surface area contributed by atoms with E-state index in [1.807, 2.05) is 0 Å². The van der Waals surface area contributed by atoms with E-state index in [-0.39, 0.29) is 0 Å². The van der Waals surface area contributed by atoms with Gasteiger partial charge in [-0.15, -0.1) is 0 Å². The van der Waals surface area contributed by atoms with E-state index in [2.05, 4.69) is 109 Å². The van der Waals surface area contributed by atoms with E-state index >= 15 is 0 Å². The Morgan fingerprint density at radius 2 is 0.862 bits per heavy atom. The number of benzene rings is 6. The fraction of sp³-hybridized carbons (Fsp3) is 0.0345. The second-order valence-electron chi connectivity index (χ2n) is 7.90.